The van der Waals surface area contributed by atoms with Gasteiger partial charge in [0.2, 0.25) is 0 Å². The van der Waals surface area contributed by atoms with Crippen molar-refractivity contribution in [3.05, 3.63) is 81.2 Å². The van der Waals surface area contributed by atoms with Crippen molar-refractivity contribution in [2.45, 2.75) is 24.5 Å². The van der Waals surface area contributed by atoms with Gasteiger partial charge >= 0.3 is 5.97 Å². The minimum Gasteiger partial charge on any atom is -0.634 e. The molecule has 0 fully saturated rings. The van der Waals surface area contributed by atoms with Crippen molar-refractivity contribution in [2.24, 2.45) is 0 Å². The smallest absolute Gasteiger partial charge is 0.335 e. The van der Waals surface area contributed by atoms with Crippen LogP contribution in [0.1, 0.15) is 38.8 Å². The highest BCUT2D eigenvalue weighted by atomic mass is 32.2. The summed E-state index contributed by atoms with van der Waals surface area (Å²) in [7, 11) is 0. The van der Waals surface area contributed by atoms with Crippen LogP contribution in [0, 0.1) is 23.8 Å². The number of benzene rings is 2. The molecule has 1 aromatic heterocycles. The number of halogens is 2. The molecule has 4 rings (SSSR count). The summed E-state index contributed by atoms with van der Waals surface area (Å²) in [6.07, 6.45) is 2.07. The van der Waals surface area contributed by atoms with Crippen LogP contribution < -0.4 is 5.06 Å². The molecule has 0 saturated heterocycles. The molecule has 1 aliphatic rings. The van der Waals surface area contributed by atoms with Crippen molar-refractivity contribution >= 4 is 17.7 Å². The van der Waals surface area contributed by atoms with Crippen LogP contribution in [0.15, 0.2) is 41.6 Å². The van der Waals surface area contributed by atoms with Crippen molar-refractivity contribution in [2.75, 3.05) is 12.8 Å². The van der Waals surface area contributed by atoms with E-state index in [0.29, 0.717) is 28.4 Å². The number of fused-ring (bicyclic) bond motifs is 1. The molecule has 6 nitrogen and oxygen atoms in total. The Kier molecular flexibility index (Phi) is 5.74. The Morgan fingerprint density at radius 2 is 1.94 bits per heavy atom. The molecule has 2 atom stereocenters. The zero-order chi connectivity index (χ0) is 22.3. The molecule has 1 aliphatic heterocycles. The van der Waals surface area contributed by atoms with Gasteiger partial charge in [-0.15, -0.1) is 0 Å². The van der Waals surface area contributed by atoms with E-state index in [1.807, 2.05) is 6.92 Å². The average Bonchev–Trinajstić information content (AvgIpc) is 2.74. The van der Waals surface area contributed by atoms with Crippen LogP contribution in [0.3, 0.4) is 0 Å². The van der Waals surface area contributed by atoms with Crippen LogP contribution in [0.5, 0.6) is 0 Å². The Hall–Kier alpha value is -2.88. The average molecular weight is 443 g/mol. The van der Waals surface area contributed by atoms with Gasteiger partial charge in [-0.05, 0) is 43.0 Å². The van der Waals surface area contributed by atoms with Gasteiger partial charge in [-0.2, -0.15) is 0 Å². The maximum atomic E-state index is 14.6. The first kappa shape index (κ1) is 21.4. The molecule has 0 aliphatic carbocycles. The fourth-order valence-electron chi connectivity index (χ4n) is 3.92. The number of thioether (sulfide) groups is 1. The number of aromatic carboxylic acids is 1. The van der Waals surface area contributed by atoms with E-state index in [9.17, 15) is 23.9 Å². The maximum Gasteiger partial charge on any atom is 0.335 e. The predicted molar refractivity (Wildman–Crippen MR) is 112 cm³/mol. The molecule has 9 heteroatoms. The summed E-state index contributed by atoms with van der Waals surface area (Å²) < 4.78 is 29.2. The topological polar surface area (TPSA) is 90.6 Å². The number of carboxylic acids is 1. The first-order valence-corrected chi connectivity index (χ1v) is 10.8. The SMILES string of the molecule is CSc1nc(-c2cc(C(=O)O)ccc2C)c2c(n1)C(c1c(F)cccc1F)[NH+]([O-])CC2. The molecule has 2 aromatic carbocycles. The number of hydrogen-bond donors (Lipinski definition) is 2. The van der Waals surface area contributed by atoms with Gasteiger partial charge in [0.1, 0.15) is 17.3 Å². The normalized spacial score (nSPS) is 18.0. The minimum absolute atomic E-state index is 0.0814. The third-order valence-electron chi connectivity index (χ3n) is 5.45. The van der Waals surface area contributed by atoms with Crippen molar-refractivity contribution in [1.82, 2.24) is 9.97 Å². The van der Waals surface area contributed by atoms with Gasteiger partial charge in [0.15, 0.2) is 11.2 Å². The molecule has 0 spiro atoms. The number of carboxylic acid groups (broad SMARTS) is 1. The number of hydrogen-bond acceptors (Lipinski definition) is 5. The van der Waals surface area contributed by atoms with Gasteiger partial charge in [-0.25, -0.2) is 23.5 Å². The minimum atomic E-state index is -1.18. The molecular formula is C22H19F2N3O3S. The van der Waals surface area contributed by atoms with Crippen LogP contribution in [-0.2, 0) is 6.42 Å². The summed E-state index contributed by atoms with van der Waals surface area (Å²) in [5.41, 5.74) is 2.54. The van der Waals surface area contributed by atoms with Crippen LogP contribution in [0.25, 0.3) is 11.3 Å². The molecule has 2 heterocycles. The second kappa shape index (κ2) is 8.33. The van der Waals surface area contributed by atoms with Crippen molar-refractivity contribution < 1.29 is 23.7 Å². The summed E-state index contributed by atoms with van der Waals surface area (Å²) in [5.74, 6) is -2.68. The molecule has 3 aromatic rings. The summed E-state index contributed by atoms with van der Waals surface area (Å²) >= 11 is 1.24. The fraction of sp³-hybridized carbons (Fsp3) is 0.227. The number of rotatable bonds is 4. The predicted octanol–water partition coefficient (Wildman–Crippen LogP) is 3.18. The van der Waals surface area contributed by atoms with E-state index in [4.69, 9.17) is 0 Å². The molecule has 2 N–H and O–H groups in total. The number of nitrogens with zero attached hydrogens (tertiary/aromatic N) is 2. The zero-order valence-electron chi connectivity index (χ0n) is 16.8. The first-order chi connectivity index (χ1) is 14.8. The molecule has 2 unspecified atom stereocenters. The van der Waals surface area contributed by atoms with Crippen molar-refractivity contribution in [1.29, 1.82) is 0 Å². The number of carbonyl (C=O) groups is 1. The molecular weight excluding hydrogens is 424 g/mol. The summed E-state index contributed by atoms with van der Waals surface area (Å²) in [4.78, 5) is 20.6. The summed E-state index contributed by atoms with van der Waals surface area (Å²) in [6.45, 7) is 1.91. The van der Waals surface area contributed by atoms with Gasteiger partial charge in [-0.3, -0.25) is 0 Å². The third-order valence-corrected chi connectivity index (χ3v) is 5.99. The highest BCUT2D eigenvalue weighted by Gasteiger charge is 2.36. The van der Waals surface area contributed by atoms with E-state index in [-0.39, 0.29) is 28.4 Å². The molecule has 0 saturated carbocycles. The lowest BCUT2D eigenvalue weighted by Crippen LogP contribution is -3.09. The second-order valence-corrected chi connectivity index (χ2v) is 8.07. The number of aromatic nitrogens is 2. The van der Waals surface area contributed by atoms with Crippen LogP contribution >= 0.6 is 11.8 Å². The van der Waals surface area contributed by atoms with Gasteiger partial charge in [0.25, 0.3) is 0 Å². The van der Waals surface area contributed by atoms with Crippen LogP contribution in [0.2, 0.25) is 0 Å². The van der Waals surface area contributed by atoms with Crippen LogP contribution in [0.4, 0.5) is 8.78 Å². The molecule has 0 bridgehead atoms. The van der Waals surface area contributed by atoms with Crippen LogP contribution in [-0.4, -0.2) is 33.8 Å². The summed E-state index contributed by atoms with van der Waals surface area (Å²) in [5, 5.41) is 22.3. The highest BCUT2D eigenvalue weighted by molar-refractivity contribution is 7.98. The molecule has 0 radical (unpaired) electrons. The Balaban J connectivity index is 2.00. The van der Waals surface area contributed by atoms with E-state index in [1.54, 1.807) is 12.3 Å². The van der Waals surface area contributed by atoms with Crippen molar-refractivity contribution in [3.8, 4) is 11.3 Å². The standard InChI is InChI=1S/C22H19F2N3O3S/c1-11-6-7-12(21(28)29)10-14(11)18-13-8-9-27(30)20(19(13)26-22(25-18)31-2)17-15(23)4-3-5-16(17)24/h3-7,10,20,27H,8-9H2,1-2H3,(H,28,29). The fourth-order valence-corrected chi connectivity index (χ4v) is 4.29. The number of aryl methyl sites for hydroxylation is 1. The number of hydroxylamine groups is 2. The lowest BCUT2D eigenvalue weighted by Gasteiger charge is -2.37. The first-order valence-electron chi connectivity index (χ1n) is 9.57. The lowest BCUT2D eigenvalue weighted by molar-refractivity contribution is -0.878. The van der Waals surface area contributed by atoms with E-state index in [0.717, 1.165) is 17.7 Å². The maximum absolute atomic E-state index is 14.6. The molecule has 160 valence electrons. The Morgan fingerprint density at radius 3 is 2.58 bits per heavy atom. The highest BCUT2D eigenvalue weighted by Crippen LogP contribution is 2.35. The van der Waals surface area contributed by atoms with Gasteiger partial charge in [0.05, 0.1) is 23.4 Å². The summed E-state index contributed by atoms with van der Waals surface area (Å²) in [6, 6.07) is 7.04. The molecule has 0 amide bonds. The lowest BCUT2D eigenvalue weighted by atomic mass is 9.89. The molecule has 31 heavy (non-hydrogen) atoms. The Bertz CT molecular complexity index is 1170. The third kappa shape index (κ3) is 3.80. The Morgan fingerprint density at radius 1 is 1.23 bits per heavy atom. The monoisotopic (exact) mass is 443 g/mol. The van der Waals surface area contributed by atoms with E-state index in [2.05, 4.69) is 9.97 Å². The van der Waals surface area contributed by atoms with E-state index >= 15 is 0 Å². The largest absolute Gasteiger partial charge is 0.634 e. The van der Waals surface area contributed by atoms with E-state index in [1.165, 1.54) is 30.0 Å². The Labute approximate surface area is 181 Å². The van der Waals surface area contributed by atoms with Gasteiger partial charge in [0, 0.05) is 17.5 Å². The second-order valence-electron chi connectivity index (χ2n) is 7.29. The van der Waals surface area contributed by atoms with Gasteiger partial charge in [-0.1, -0.05) is 23.9 Å². The van der Waals surface area contributed by atoms with Crippen molar-refractivity contribution in [3.63, 3.8) is 0 Å². The van der Waals surface area contributed by atoms with Gasteiger partial charge < -0.3 is 15.4 Å². The number of nitrogens with one attached hydrogen (secondary N) is 1. The number of quaternary nitrogens is 1. The van der Waals surface area contributed by atoms with E-state index < -0.39 is 23.6 Å². The quantitative estimate of drug-likeness (QED) is 0.366. The zero-order valence-corrected chi connectivity index (χ0v) is 17.6.